The third-order valence-corrected chi connectivity index (χ3v) is 3.95. The van der Waals surface area contributed by atoms with E-state index in [4.69, 9.17) is 16.3 Å². The Morgan fingerprint density at radius 2 is 2.05 bits per heavy atom. The van der Waals surface area contributed by atoms with E-state index in [0.717, 1.165) is 16.6 Å². The Kier molecular flexibility index (Phi) is 3.51. The van der Waals surface area contributed by atoms with E-state index in [2.05, 4.69) is 14.5 Å². The third kappa shape index (κ3) is 2.63. The maximum atomic E-state index is 12.0. The topological polar surface area (TPSA) is 60.2 Å². The number of amides is 1. The quantitative estimate of drug-likeness (QED) is 0.756. The van der Waals surface area contributed by atoms with Gasteiger partial charge in [0.1, 0.15) is 22.7 Å². The van der Waals surface area contributed by atoms with Crippen molar-refractivity contribution < 1.29 is 9.53 Å². The molecule has 0 radical (unpaired) electrons. The minimum atomic E-state index is -0.473. The Balaban J connectivity index is 1.76. The van der Waals surface area contributed by atoms with E-state index in [0.29, 0.717) is 18.2 Å². The van der Waals surface area contributed by atoms with Crippen LogP contribution in [0.3, 0.4) is 0 Å². The summed E-state index contributed by atoms with van der Waals surface area (Å²) in [4.78, 5) is 22.0. The van der Waals surface area contributed by atoms with Crippen LogP contribution in [0.2, 0.25) is 5.15 Å². The van der Waals surface area contributed by atoms with Gasteiger partial charge in [0, 0.05) is 19.3 Å². The molecule has 1 amide bonds. The van der Waals surface area contributed by atoms with Crippen LogP contribution in [-0.2, 0) is 4.74 Å². The molecule has 0 saturated carbocycles. The van der Waals surface area contributed by atoms with Crippen LogP contribution in [0.5, 0.6) is 0 Å². The van der Waals surface area contributed by atoms with Crippen LogP contribution in [0.15, 0.2) is 12.5 Å². The summed E-state index contributed by atoms with van der Waals surface area (Å²) in [6, 6.07) is 0.190. The molecule has 3 rings (SSSR count). The minimum absolute atomic E-state index is 0.190. The molecule has 1 saturated heterocycles. The zero-order valence-electron chi connectivity index (χ0n) is 13.1. The molecule has 0 bridgehead atoms. The molecule has 0 unspecified atom stereocenters. The molecule has 0 aromatic carbocycles. The zero-order valence-corrected chi connectivity index (χ0v) is 13.9. The van der Waals surface area contributed by atoms with Gasteiger partial charge in [0.15, 0.2) is 0 Å². The van der Waals surface area contributed by atoms with Crippen LogP contribution in [0.25, 0.3) is 11.0 Å². The van der Waals surface area contributed by atoms with Crippen LogP contribution in [0, 0.1) is 6.92 Å². The molecule has 22 heavy (non-hydrogen) atoms. The van der Waals surface area contributed by atoms with Crippen molar-refractivity contribution in [3.63, 3.8) is 0 Å². The summed E-state index contributed by atoms with van der Waals surface area (Å²) in [5, 5.41) is 1.34. The van der Waals surface area contributed by atoms with Crippen molar-refractivity contribution >= 4 is 28.7 Å². The molecule has 0 aliphatic carbocycles. The Morgan fingerprint density at radius 1 is 1.36 bits per heavy atom. The number of carbonyl (C=O) groups is 1. The molecule has 1 aliphatic rings. The van der Waals surface area contributed by atoms with Crippen molar-refractivity contribution in [3.05, 3.63) is 23.2 Å². The van der Waals surface area contributed by atoms with Gasteiger partial charge in [-0.1, -0.05) is 11.6 Å². The number of fused-ring (bicyclic) bond motifs is 1. The number of likely N-dealkylation sites (tertiary alicyclic amines) is 1. The van der Waals surface area contributed by atoms with Crippen molar-refractivity contribution in [3.8, 4) is 0 Å². The number of halogens is 1. The largest absolute Gasteiger partial charge is 0.444 e. The monoisotopic (exact) mass is 322 g/mol. The van der Waals surface area contributed by atoms with Crippen molar-refractivity contribution in [2.75, 3.05) is 13.1 Å². The van der Waals surface area contributed by atoms with Crippen LogP contribution < -0.4 is 0 Å². The van der Waals surface area contributed by atoms with Gasteiger partial charge in [0.2, 0.25) is 0 Å². The maximum Gasteiger partial charge on any atom is 0.410 e. The number of aromatic nitrogens is 3. The highest BCUT2D eigenvalue weighted by molar-refractivity contribution is 6.34. The molecule has 0 spiro atoms. The van der Waals surface area contributed by atoms with Gasteiger partial charge in [-0.25, -0.2) is 14.8 Å². The molecule has 0 N–H and O–H groups in total. The fraction of sp³-hybridized carbons (Fsp3) is 0.533. The fourth-order valence-electron chi connectivity index (χ4n) is 2.61. The molecule has 2 aromatic rings. The second kappa shape index (κ2) is 5.12. The van der Waals surface area contributed by atoms with Crippen molar-refractivity contribution in [1.82, 2.24) is 19.4 Å². The summed E-state index contributed by atoms with van der Waals surface area (Å²) in [5.41, 5.74) is 1.38. The van der Waals surface area contributed by atoms with Gasteiger partial charge in [-0.15, -0.1) is 0 Å². The Labute approximate surface area is 134 Å². The molecule has 2 aromatic heterocycles. The summed E-state index contributed by atoms with van der Waals surface area (Å²) in [7, 11) is 0. The van der Waals surface area contributed by atoms with Gasteiger partial charge >= 0.3 is 6.09 Å². The predicted octanol–water partition coefficient (Wildman–Crippen LogP) is 3.18. The lowest BCUT2D eigenvalue weighted by Gasteiger charge is -2.40. The van der Waals surface area contributed by atoms with E-state index in [1.165, 1.54) is 6.33 Å². The Hall–Kier alpha value is -1.82. The maximum absolute atomic E-state index is 12.0. The van der Waals surface area contributed by atoms with E-state index < -0.39 is 5.60 Å². The number of hydrogen-bond donors (Lipinski definition) is 0. The van der Waals surface area contributed by atoms with Crippen LogP contribution >= 0.6 is 11.6 Å². The summed E-state index contributed by atoms with van der Waals surface area (Å²) >= 11 is 6.14. The van der Waals surface area contributed by atoms with E-state index in [9.17, 15) is 4.79 Å². The number of carbonyl (C=O) groups excluding carboxylic acids is 1. The second-order valence-corrected chi connectivity index (χ2v) is 6.98. The van der Waals surface area contributed by atoms with E-state index >= 15 is 0 Å². The zero-order chi connectivity index (χ0) is 16.1. The molecule has 3 heterocycles. The molecule has 1 aliphatic heterocycles. The molecular weight excluding hydrogens is 304 g/mol. The van der Waals surface area contributed by atoms with E-state index in [1.54, 1.807) is 4.90 Å². The highest BCUT2D eigenvalue weighted by atomic mass is 35.5. The van der Waals surface area contributed by atoms with Crippen LogP contribution in [-0.4, -0.2) is 44.2 Å². The Bertz CT molecular complexity index is 729. The van der Waals surface area contributed by atoms with Crippen molar-refractivity contribution in [1.29, 1.82) is 0 Å². The fourth-order valence-corrected chi connectivity index (χ4v) is 2.89. The SMILES string of the molecule is Cc1cn(C2CN(C(=O)OC(C)(C)C)C2)c2ncnc(Cl)c12. The third-order valence-electron chi connectivity index (χ3n) is 3.66. The average Bonchev–Trinajstić information content (AvgIpc) is 2.64. The van der Waals surface area contributed by atoms with Gasteiger partial charge in [0.25, 0.3) is 0 Å². The number of aryl methyl sites for hydroxylation is 1. The number of nitrogens with zero attached hydrogens (tertiary/aromatic N) is 4. The van der Waals surface area contributed by atoms with Gasteiger partial charge in [-0.05, 0) is 33.3 Å². The summed E-state index contributed by atoms with van der Waals surface area (Å²) < 4.78 is 7.44. The molecule has 0 atom stereocenters. The first kappa shape index (κ1) is 15.1. The minimum Gasteiger partial charge on any atom is -0.444 e. The molecule has 1 fully saturated rings. The lowest BCUT2D eigenvalue weighted by atomic mass is 10.1. The van der Waals surface area contributed by atoms with Crippen LogP contribution in [0.4, 0.5) is 4.79 Å². The van der Waals surface area contributed by atoms with Gasteiger partial charge < -0.3 is 14.2 Å². The first-order valence-corrected chi connectivity index (χ1v) is 7.59. The van der Waals surface area contributed by atoms with Crippen molar-refractivity contribution in [2.45, 2.75) is 39.3 Å². The molecular formula is C15H19ClN4O2. The van der Waals surface area contributed by atoms with Crippen molar-refractivity contribution in [2.24, 2.45) is 0 Å². The highest BCUT2D eigenvalue weighted by Crippen LogP contribution is 2.31. The highest BCUT2D eigenvalue weighted by Gasteiger charge is 2.35. The summed E-state index contributed by atoms with van der Waals surface area (Å²) in [6.07, 6.45) is 3.21. The Morgan fingerprint density at radius 3 is 2.68 bits per heavy atom. The number of hydrogen-bond acceptors (Lipinski definition) is 4. The molecule has 6 nitrogen and oxygen atoms in total. The lowest BCUT2D eigenvalue weighted by Crippen LogP contribution is -2.52. The van der Waals surface area contributed by atoms with Gasteiger partial charge in [-0.3, -0.25) is 0 Å². The predicted molar refractivity (Wildman–Crippen MR) is 84.1 cm³/mol. The second-order valence-electron chi connectivity index (χ2n) is 6.62. The first-order valence-electron chi connectivity index (χ1n) is 7.22. The number of ether oxygens (including phenoxy) is 1. The van der Waals surface area contributed by atoms with Crippen LogP contribution in [0.1, 0.15) is 32.4 Å². The molecule has 118 valence electrons. The molecule has 7 heteroatoms. The lowest BCUT2D eigenvalue weighted by molar-refractivity contribution is 0.00151. The van der Waals surface area contributed by atoms with Gasteiger partial charge in [0.05, 0.1) is 11.4 Å². The summed E-state index contributed by atoms with van der Waals surface area (Å²) in [6.45, 7) is 8.80. The smallest absolute Gasteiger partial charge is 0.410 e. The van der Waals surface area contributed by atoms with E-state index in [1.807, 2.05) is 33.9 Å². The standard InChI is InChI=1S/C15H19ClN4O2/c1-9-5-20(13-11(9)12(16)17-8-18-13)10-6-19(7-10)14(21)22-15(2,3)4/h5,8,10H,6-7H2,1-4H3. The van der Waals surface area contributed by atoms with E-state index in [-0.39, 0.29) is 12.1 Å². The summed E-state index contributed by atoms with van der Waals surface area (Å²) in [5.74, 6) is 0. The number of rotatable bonds is 1. The normalized spacial score (nSPS) is 16.0. The first-order chi connectivity index (χ1) is 10.3. The average molecular weight is 323 g/mol. The van der Waals surface area contributed by atoms with Gasteiger partial charge in [-0.2, -0.15) is 0 Å².